The highest BCUT2D eigenvalue weighted by Gasteiger charge is 2.26. The molecule has 2 N–H and O–H groups in total. The summed E-state index contributed by atoms with van der Waals surface area (Å²) < 4.78 is 0. The zero-order chi connectivity index (χ0) is 8.27. The van der Waals surface area contributed by atoms with Crippen LogP contribution in [-0.2, 0) is 0 Å². The van der Waals surface area contributed by atoms with Gasteiger partial charge in [-0.05, 0) is 25.8 Å². The highest BCUT2D eigenvalue weighted by molar-refractivity contribution is 4.86. The molecular weight excluding hydrogens is 136 g/mol. The van der Waals surface area contributed by atoms with E-state index in [-0.39, 0.29) is 0 Å². The van der Waals surface area contributed by atoms with Crippen molar-refractivity contribution in [2.24, 2.45) is 11.7 Å². The van der Waals surface area contributed by atoms with E-state index in [1.54, 1.807) is 0 Å². The molecule has 0 radical (unpaired) electrons. The van der Waals surface area contributed by atoms with E-state index in [9.17, 15) is 0 Å². The van der Waals surface area contributed by atoms with Crippen molar-refractivity contribution < 1.29 is 0 Å². The van der Waals surface area contributed by atoms with Crippen LogP contribution in [-0.4, -0.2) is 30.6 Å². The van der Waals surface area contributed by atoms with Gasteiger partial charge in [-0.2, -0.15) is 0 Å². The van der Waals surface area contributed by atoms with Crippen molar-refractivity contribution in [3.05, 3.63) is 12.7 Å². The molecule has 11 heavy (non-hydrogen) atoms. The minimum atomic E-state index is 0.696. The summed E-state index contributed by atoms with van der Waals surface area (Å²) in [7, 11) is 0. The SMILES string of the molecule is C=CCN1CC(CN)CC1C. The van der Waals surface area contributed by atoms with Gasteiger partial charge in [-0.15, -0.1) is 6.58 Å². The van der Waals surface area contributed by atoms with Crippen LogP contribution < -0.4 is 5.73 Å². The maximum atomic E-state index is 5.60. The van der Waals surface area contributed by atoms with Gasteiger partial charge in [0.1, 0.15) is 0 Å². The second-order valence-corrected chi connectivity index (χ2v) is 3.43. The Kier molecular flexibility index (Phi) is 3.09. The lowest BCUT2D eigenvalue weighted by atomic mass is 10.1. The first-order valence-corrected chi connectivity index (χ1v) is 4.33. The molecule has 2 nitrogen and oxygen atoms in total. The molecule has 1 saturated heterocycles. The van der Waals surface area contributed by atoms with Crippen molar-refractivity contribution in [3.63, 3.8) is 0 Å². The van der Waals surface area contributed by atoms with Gasteiger partial charge in [-0.3, -0.25) is 4.90 Å². The minimum absolute atomic E-state index is 0.696. The first-order valence-electron chi connectivity index (χ1n) is 4.33. The van der Waals surface area contributed by atoms with Crippen LogP contribution in [0.5, 0.6) is 0 Å². The molecule has 0 amide bonds. The zero-order valence-corrected chi connectivity index (χ0v) is 7.29. The molecule has 0 spiro atoms. The summed E-state index contributed by atoms with van der Waals surface area (Å²) in [5, 5.41) is 0. The highest BCUT2D eigenvalue weighted by atomic mass is 15.2. The number of rotatable bonds is 3. The molecule has 2 unspecified atom stereocenters. The molecule has 2 heteroatoms. The normalized spacial score (nSPS) is 32.5. The molecule has 0 aromatic heterocycles. The van der Waals surface area contributed by atoms with Gasteiger partial charge in [0, 0.05) is 19.1 Å². The number of hydrogen-bond acceptors (Lipinski definition) is 2. The van der Waals surface area contributed by atoms with Gasteiger partial charge in [-0.25, -0.2) is 0 Å². The molecule has 0 aromatic carbocycles. The molecule has 2 atom stereocenters. The lowest BCUT2D eigenvalue weighted by Gasteiger charge is -2.18. The number of hydrogen-bond donors (Lipinski definition) is 1. The predicted octanol–water partition coefficient (Wildman–Crippen LogP) is 0.842. The Morgan fingerprint density at radius 2 is 2.45 bits per heavy atom. The van der Waals surface area contributed by atoms with Gasteiger partial charge >= 0.3 is 0 Å². The average molecular weight is 154 g/mol. The van der Waals surface area contributed by atoms with Crippen LogP contribution in [0, 0.1) is 5.92 Å². The largest absolute Gasteiger partial charge is 0.330 e. The van der Waals surface area contributed by atoms with Crippen molar-refractivity contribution >= 4 is 0 Å². The van der Waals surface area contributed by atoms with Crippen molar-refractivity contribution in [1.29, 1.82) is 0 Å². The molecule has 0 bridgehead atoms. The lowest BCUT2D eigenvalue weighted by Crippen LogP contribution is -2.27. The van der Waals surface area contributed by atoms with Crippen LogP contribution >= 0.6 is 0 Å². The molecule has 1 aliphatic rings. The third-order valence-corrected chi connectivity index (χ3v) is 2.49. The smallest absolute Gasteiger partial charge is 0.0163 e. The number of likely N-dealkylation sites (tertiary alicyclic amines) is 1. The van der Waals surface area contributed by atoms with E-state index in [2.05, 4.69) is 18.4 Å². The summed E-state index contributed by atoms with van der Waals surface area (Å²) in [6.45, 7) is 9.00. The summed E-state index contributed by atoms with van der Waals surface area (Å²) in [6.07, 6.45) is 3.22. The molecule has 1 aliphatic heterocycles. The quantitative estimate of drug-likeness (QED) is 0.610. The van der Waals surface area contributed by atoms with E-state index in [0.29, 0.717) is 12.0 Å². The Balaban J connectivity index is 2.38. The van der Waals surface area contributed by atoms with Gasteiger partial charge in [-0.1, -0.05) is 6.08 Å². The van der Waals surface area contributed by atoms with Crippen LogP contribution in [0.3, 0.4) is 0 Å². The summed E-state index contributed by atoms with van der Waals surface area (Å²) in [6, 6.07) is 0.696. The third-order valence-electron chi connectivity index (χ3n) is 2.49. The summed E-state index contributed by atoms with van der Waals surface area (Å²) in [5.74, 6) is 0.713. The second kappa shape index (κ2) is 3.88. The fourth-order valence-corrected chi connectivity index (χ4v) is 1.81. The molecule has 64 valence electrons. The van der Waals surface area contributed by atoms with E-state index in [1.165, 1.54) is 6.42 Å². The van der Waals surface area contributed by atoms with Gasteiger partial charge in [0.05, 0.1) is 0 Å². The number of nitrogens with two attached hydrogens (primary N) is 1. The Morgan fingerprint density at radius 3 is 2.91 bits per heavy atom. The van der Waals surface area contributed by atoms with Crippen LogP contribution in [0.1, 0.15) is 13.3 Å². The van der Waals surface area contributed by atoms with Crippen LogP contribution in [0.15, 0.2) is 12.7 Å². The Labute approximate surface area is 69.1 Å². The maximum absolute atomic E-state index is 5.60. The molecule has 0 aromatic rings. The highest BCUT2D eigenvalue weighted by Crippen LogP contribution is 2.21. The zero-order valence-electron chi connectivity index (χ0n) is 7.29. The third kappa shape index (κ3) is 2.04. The first-order chi connectivity index (χ1) is 5.27. The summed E-state index contributed by atoms with van der Waals surface area (Å²) in [5.41, 5.74) is 5.60. The number of nitrogens with zero attached hydrogens (tertiary/aromatic N) is 1. The van der Waals surface area contributed by atoms with Crippen LogP contribution in [0.25, 0.3) is 0 Å². The summed E-state index contributed by atoms with van der Waals surface area (Å²) >= 11 is 0. The molecule has 1 fully saturated rings. The average Bonchev–Trinajstić information content (AvgIpc) is 2.33. The Bertz CT molecular complexity index is 134. The van der Waals surface area contributed by atoms with Crippen LogP contribution in [0.2, 0.25) is 0 Å². The van der Waals surface area contributed by atoms with Crippen molar-refractivity contribution in [3.8, 4) is 0 Å². The van der Waals surface area contributed by atoms with Crippen molar-refractivity contribution in [1.82, 2.24) is 4.90 Å². The van der Waals surface area contributed by atoms with Crippen molar-refractivity contribution in [2.75, 3.05) is 19.6 Å². The topological polar surface area (TPSA) is 29.3 Å². The second-order valence-electron chi connectivity index (χ2n) is 3.43. The molecule has 1 rings (SSSR count). The monoisotopic (exact) mass is 154 g/mol. The molecular formula is C9H18N2. The summed E-state index contributed by atoms with van der Waals surface area (Å²) in [4.78, 5) is 2.44. The van der Waals surface area contributed by atoms with E-state index in [1.807, 2.05) is 6.08 Å². The minimum Gasteiger partial charge on any atom is -0.330 e. The van der Waals surface area contributed by atoms with Gasteiger partial charge in [0.25, 0.3) is 0 Å². The van der Waals surface area contributed by atoms with Gasteiger partial charge in [0.2, 0.25) is 0 Å². The van der Waals surface area contributed by atoms with E-state index in [0.717, 1.165) is 19.6 Å². The first kappa shape index (κ1) is 8.75. The maximum Gasteiger partial charge on any atom is 0.0163 e. The fourth-order valence-electron chi connectivity index (χ4n) is 1.81. The van der Waals surface area contributed by atoms with Crippen LogP contribution in [0.4, 0.5) is 0 Å². The van der Waals surface area contributed by atoms with E-state index < -0.39 is 0 Å². The standard InChI is InChI=1S/C9H18N2/c1-3-4-11-7-9(6-10)5-8(11)2/h3,8-9H,1,4-7,10H2,2H3. The Morgan fingerprint density at radius 1 is 1.73 bits per heavy atom. The van der Waals surface area contributed by atoms with Gasteiger partial charge in [0.15, 0.2) is 0 Å². The molecule has 0 saturated carbocycles. The molecule has 0 aliphatic carbocycles. The van der Waals surface area contributed by atoms with E-state index >= 15 is 0 Å². The van der Waals surface area contributed by atoms with Crippen molar-refractivity contribution in [2.45, 2.75) is 19.4 Å². The van der Waals surface area contributed by atoms with Gasteiger partial charge < -0.3 is 5.73 Å². The van der Waals surface area contributed by atoms with E-state index in [4.69, 9.17) is 5.73 Å². The predicted molar refractivity (Wildman–Crippen MR) is 48.4 cm³/mol. The molecule has 1 heterocycles. The lowest BCUT2D eigenvalue weighted by molar-refractivity contribution is 0.293. The Hall–Kier alpha value is -0.340. The fraction of sp³-hybridized carbons (Fsp3) is 0.778.